The van der Waals surface area contributed by atoms with Gasteiger partial charge in [0, 0.05) is 36.2 Å². The number of halogens is 2. The maximum Gasteiger partial charge on any atom is 0.291 e. The van der Waals surface area contributed by atoms with Gasteiger partial charge in [0.1, 0.15) is 18.0 Å². The minimum atomic E-state index is -0.507. The summed E-state index contributed by atoms with van der Waals surface area (Å²) in [4.78, 5) is 8.61. The van der Waals surface area contributed by atoms with Crippen molar-refractivity contribution in [3.05, 3.63) is 65.4 Å². The molecule has 0 aliphatic carbocycles. The highest BCUT2D eigenvalue weighted by atomic mass is 35.5. The van der Waals surface area contributed by atoms with Gasteiger partial charge in [-0.05, 0) is 49.1 Å². The van der Waals surface area contributed by atoms with Crippen LogP contribution in [0.4, 0.5) is 15.9 Å². The van der Waals surface area contributed by atoms with Crippen molar-refractivity contribution in [3.63, 3.8) is 0 Å². The van der Waals surface area contributed by atoms with E-state index < -0.39 is 5.82 Å². The Morgan fingerprint density at radius 1 is 1.12 bits per heavy atom. The van der Waals surface area contributed by atoms with Crippen molar-refractivity contribution in [2.45, 2.75) is 19.3 Å². The van der Waals surface area contributed by atoms with Gasteiger partial charge in [-0.3, -0.25) is 0 Å². The van der Waals surface area contributed by atoms with Crippen molar-refractivity contribution >= 4 is 34.0 Å². The van der Waals surface area contributed by atoms with Gasteiger partial charge in [-0.2, -0.15) is 0 Å². The van der Waals surface area contributed by atoms with E-state index >= 15 is 0 Å². The van der Waals surface area contributed by atoms with Gasteiger partial charge in [-0.1, -0.05) is 17.5 Å². The Kier molecular flexibility index (Phi) is 7.48. The van der Waals surface area contributed by atoms with E-state index in [2.05, 4.69) is 27.1 Å². The normalized spacial score (nSPS) is 10.6. The molecule has 34 heavy (non-hydrogen) atoms. The van der Waals surface area contributed by atoms with E-state index in [0.717, 1.165) is 12.8 Å². The molecule has 4 rings (SSSR count). The number of furan rings is 1. The molecule has 0 saturated carbocycles. The zero-order valence-corrected chi connectivity index (χ0v) is 19.0. The van der Waals surface area contributed by atoms with Crippen LogP contribution in [0, 0.1) is 17.7 Å². The summed E-state index contributed by atoms with van der Waals surface area (Å²) >= 11 is 5.90. The molecule has 0 saturated heterocycles. The lowest BCUT2D eigenvalue weighted by atomic mass is 10.2. The van der Waals surface area contributed by atoms with Crippen LogP contribution in [-0.4, -0.2) is 28.8 Å². The van der Waals surface area contributed by atoms with E-state index in [9.17, 15) is 4.39 Å². The Morgan fingerprint density at radius 3 is 2.79 bits per heavy atom. The first-order valence-electron chi connectivity index (χ1n) is 10.5. The summed E-state index contributed by atoms with van der Waals surface area (Å²) in [7, 11) is 1.53. The summed E-state index contributed by atoms with van der Waals surface area (Å²) in [6, 6.07) is 11.1. The minimum absolute atomic E-state index is 0.000766. The van der Waals surface area contributed by atoms with Gasteiger partial charge in [-0.25, -0.2) is 14.4 Å². The molecule has 2 N–H and O–H groups in total. The van der Waals surface area contributed by atoms with Gasteiger partial charge in [-0.15, -0.1) is 0 Å². The average molecular weight is 482 g/mol. The highest BCUT2D eigenvalue weighted by Crippen LogP contribution is 2.37. The van der Waals surface area contributed by atoms with Crippen LogP contribution in [0.3, 0.4) is 0 Å². The number of methoxy groups -OCH3 is 1. The minimum Gasteiger partial charge on any atom is -0.493 e. The molecule has 0 radical (unpaired) electrons. The van der Waals surface area contributed by atoms with Gasteiger partial charge < -0.3 is 24.3 Å². The quantitative estimate of drug-likeness (QED) is 0.233. The third-order valence-corrected chi connectivity index (χ3v) is 5.11. The second-order valence-corrected chi connectivity index (χ2v) is 7.61. The van der Waals surface area contributed by atoms with Gasteiger partial charge in [0.15, 0.2) is 17.3 Å². The molecule has 0 aliphatic rings. The van der Waals surface area contributed by atoms with Gasteiger partial charge in [0.05, 0.1) is 17.6 Å². The third-order valence-electron chi connectivity index (χ3n) is 4.82. The second kappa shape index (κ2) is 10.9. The van der Waals surface area contributed by atoms with E-state index in [4.69, 9.17) is 30.6 Å². The van der Waals surface area contributed by atoms with Gasteiger partial charge in [0.25, 0.3) is 5.95 Å². The average Bonchev–Trinajstić information content (AvgIpc) is 3.28. The molecular formula is C25H21ClFN3O4. The van der Waals surface area contributed by atoms with E-state index in [1.807, 2.05) is 0 Å². The van der Waals surface area contributed by atoms with Crippen molar-refractivity contribution < 1.29 is 23.4 Å². The van der Waals surface area contributed by atoms with E-state index in [0.29, 0.717) is 46.1 Å². The standard InChI is InChI=1S/C25H21ClFN3O4/c1-32-22-14-21-18(25(29-15-28-21)30-16-7-9-20(27)19(26)12-16)13-23(22)34-24-10-8-17(33-24)6-4-2-3-5-11-31/h7-10,12-15,31H,2-3,5,11H2,1H3,(H,28,29,30). The molecule has 174 valence electrons. The molecule has 0 bridgehead atoms. The number of aliphatic hydroxyl groups excluding tert-OH is 1. The zero-order valence-electron chi connectivity index (χ0n) is 18.3. The van der Waals surface area contributed by atoms with Crippen LogP contribution in [0.15, 0.2) is 53.2 Å². The Labute approximate surface area is 200 Å². The van der Waals surface area contributed by atoms with Crippen LogP contribution in [0.5, 0.6) is 17.4 Å². The predicted molar refractivity (Wildman–Crippen MR) is 127 cm³/mol. The molecular weight excluding hydrogens is 461 g/mol. The fourth-order valence-corrected chi connectivity index (χ4v) is 3.32. The maximum atomic E-state index is 13.5. The number of rotatable bonds is 8. The summed E-state index contributed by atoms with van der Waals surface area (Å²) in [5.41, 5.74) is 1.18. The van der Waals surface area contributed by atoms with Crippen LogP contribution < -0.4 is 14.8 Å². The summed E-state index contributed by atoms with van der Waals surface area (Å²) < 4.78 is 30.6. The molecule has 2 aromatic heterocycles. The molecule has 9 heteroatoms. The lowest BCUT2D eigenvalue weighted by Crippen LogP contribution is -1.98. The highest BCUT2D eigenvalue weighted by molar-refractivity contribution is 6.31. The number of aromatic nitrogens is 2. The highest BCUT2D eigenvalue weighted by Gasteiger charge is 2.14. The summed E-state index contributed by atoms with van der Waals surface area (Å²) in [5.74, 6) is 7.47. The first-order chi connectivity index (χ1) is 16.6. The number of hydrogen-bond donors (Lipinski definition) is 2. The molecule has 2 heterocycles. The number of nitrogens with one attached hydrogen (secondary N) is 1. The second-order valence-electron chi connectivity index (χ2n) is 7.20. The molecule has 0 amide bonds. The Hall–Kier alpha value is -3.80. The fourth-order valence-electron chi connectivity index (χ4n) is 3.14. The maximum absolute atomic E-state index is 13.5. The van der Waals surface area contributed by atoms with Crippen molar-refractivity contribution in [2.75, 3.05) is 19.0 Å². The number of aliphatic hydroxyl groups is 1. The molecule has 0 aliphatic heterocycles. The monoisotopic (exact) mass is 481 g/mol. The van der Waals surface area contributed by atoms with Crippen LogP contribution in [-0.2, 0) is 0 Å². The number of anilines is 2. The smallest absolute Gasteiger partial charge is 0.291 e. The van der Waals surface area contributed by atoms with Crippen molar-refractivity contribution in [1.82, 2.24) is 9.97 Å². The molecule has 0 unspecified atom stereocenters. The van der Waals surface area contributed by atoms with Gasteiger partial charge >= 0.3 is 0 Å². The summed E-state index contributed by atoms with van der Waals surface area (Å²) in [5, 5.41) is 12.6. The van der Waals surface area contributed by atoms with Crippen LogP contribution in [0.1, 0.15) is 25.0 Å². The molecule has 2 aromatic carbocycles. The molecule has 0 atom stereocenters. The Bertz CT molecular complexity index is 1360. The largest absolute Gasteiger partial charge is 0.493 e. The number of benzene rings is 2. The van der Waals surface area contributed by atoms with E-state index in [1.54, 1.807) is 30.3 Å². The first-order valence-corrected chi connectivity index (χ1v) is 10.9. The lowest BCUT2D eigenvalue weighted by molar-refractivity contribution is 0.285. The van der Waals surface area contributed by atoms with Gasteiger partial charge in [0.2, 0.25) is 0 Å². The van der Waals surface area contributed by atoms with Crippen LogP contribution >= 0.6 is 11.6 Å². The molecule has 0 spiro atoms. The van der Waals surface area contributed by atoms with Crippen LogP contribution in [0.2, 0.25) is 5.02 Å². The van der Waals surface area contributed by atoms with Crippen LogP contribution in [0.25, 0.3) is 10.9 Å². The number of ether oxygens (including phenoxy) is 2. The molecule has 4 aromatic rings. The van der Waals surface area contributed by atoms with Crippen molar-refractivity contribution in [3.8, 4) is 29.3 Å². The lowest BCUT2D eigenvalue weighted by Gasteiger charge is -2.13. The number of unbranched alkanes of at least 4 members (excludes halogenated alkanes) is 2. The van der Waals surface area contributed by atoms with Crippen molar-refractivity contribution in [1.29, 1.82) is 0 Å². The molecule has 0 fully saturated rings. The predicted octanol–water partition coefficient (Wildman–Crippen LogP) is 6.07. The number of fused-ring (bicyclic) bond motifs is 1. The molecule has 7 nitrogen and oxygen atoms in total. The summed E-state index contributed by atoms with van der Waals surface area (Å²) in [6.45, 7) is 0.161. The SMILES string of the molecule is COc1cc2ncnc(Nc3ccc(F)c(Cl)c3)c2cc1Oc1ccc(C#CCCCCO)o1. The Balaban J connectivity index is 1.60. The Morgan fingerprint density at radius 2 is 2.00 bits per heavy atom. The topological polar surface area (TPSA) is 89.6 Å². The first kappa shape index (κ1) is 23.4. The number of hydrogen-bond acceptors (Lipinski definition) is 7. The van der Waals surface area contributed by atoms with Crippen molar-refractivity contribution in [2.24, 2.45) is 0 Å². The van der Waals surface area contributed by atoms with E-state index in [1.165, 1.54) is 25.6 Å². The summed E-state index contributed by atoms with van der Waals surface area (Å²) in [6.07, 6.45) is 3.63. The third kappa shape index (κ3) is 5.57. The fraction of sp³-hybridized carbons (Fsp3) is 0.200. The zero-order chi connectivity index (χ0) is 23.9. The van der Waals surface area contributed by atoms with E-state index in [-0.39, 0.29) is 17.6 Å². The number of nitrogens with zero attached hydrogens (tertiary/aromatic N) is 2.